The van der Waals surface area contributed by atoms with E-state index in [0.717, 1.165) is 6.54 Å². The lowest BCUT2D eigenvalue weighted by Gasteiger charge is -2.34. The SMILES string of the molecule is Cc1ccsc1CN1CCCC(C(C)N)C1.Cl. The van der Waals surface area contributed by atoms with Gasteiger partial charge in [0.1, 0.15) is 0 Å². The van der Waals surface area contributed by atoms with E-state index in [1.165, 1.54) is 36.4 Å². The average Bonchev–Trinajstić information content (AvgIpc) is 2.65. The Balaban J connectivity index is 0.00000144. The number of rotatable bonds is 3. The van der Waals surface area contributed by atoms with Gasteiger partial charge in [0.05, 0.1) is 0 Å². The van der Waals surface area contributed by atoms with Crippen LogP contribution in [-0.4, -0.2) is 24.0 Å². The number of nitrogens with zero attached hydrogens (tertiary/aromatic N) is 1. The van der Waals surface area contributed by atoms with Gasteiger partial charge in [-0.1, -0.05) is 0 Å². The number of aryl methyl sites for hydroxylation is 1. The maximum atomic E-state index is 6.01. The quantitative estimate of drug-likeness (QED) is 0.918. The molecule has 2 unspecified atom stereocenters. The van der Waals surface area contributed by atoms with Gasteiger partial charge in [-0.05, 0) is 56.2 Å². The molecule has 0 bridgehead atoms. The Morgan fingerprint density at radius 1 is 1.59 bits per heavy atom. The van der Waals surface area contributed by atoms with E-state index in [0.29, 0.717) is 12.0 Å². The van der Waals surface area contributed by atoms with E-state index in [4.69, 9.17) is 5.73 Å². The summed E-state index contributed by atoms with van der Waals surface area (Å²) in [6.07, 6.45) is 2.61. The molecule has 1 aliphatic heterocycles. The van der Waals surface area contributed by atoms with Crippen LogP contribution in [0.1, 0.15) is 30.2 Å². The van der Waals surface area contributed by atoms with Gasteiger partial charge in [-0.15, -0.1) is 23.7 Å². The lowest BCUT2D eigenvalue weighted by molar-refractivity contribution is 0.155. The maximum absolute atomic E-state index is 6.01. The van der Waals surface area contributed by atoms with Gasteiger partial charge in [0.2, 0.25) is 0 Å². The largest absolute Gasteiger partial charge is 0.328 e. The highest BCUT2D eigenvalue weighted by molar-refractivity contribution is 7.10. The van der Waals surface area contributed by atoms with Crippen molar-refractivity contribution in [3.8, 4) is 0 Å². The van der Waals surface area contributed by atoms with Crippen molar-refractivity contribution in [2.75, 3.05) is 13.1 Å². The fourth-order valence-corrected chi connectivity index (χ4v) is 3.38. The molecule has 0 amide bonds. The first-order valence-corrected chi connectivity index (χ1v) is 7.05. The number of piperidine rings is 1. The smallest absolute Gasteiger partial charge is 0.0330 e. The molecule has 2 atom stereocenters. The molecule has 1 aliphatic rings. The first-order valence-electron chi connectivity index (χ1n) is 6.17. The Kier molecular flexibility index (Phi) is 5.93. The third-order valence-electron chi connectivity index (χ3n) is 3.62. The second kappa shape index (κ2) is 6.74. The van der Waals surface area contributed by atoms with Gasteiger partial charge in [-0.25, -0.2) is 0 Å². The zero-order valence-corrected chi connectivity index (χ0v) is 12.3. The van der Waals surface area contributed by atoms with E-state index in [2.05, 4.69) is 30.2 Å². The van der Waals surface area contributed by atoms with Crippen LogP contribution in [0.5, 0.6) is 0 Å². The summed E-state index contributed by atoms with van der Waals surface area (Å²) in [4.78, 5) is 4.08. The number of halogens is 1. The number of hydrogen-bond donors (Lipinski definition) is 1. The minimum Gasteiger partial charge on any atom is -0.328 e. The van der Waals surface area contributed by atoms with Crippen LogP contribution in [0.15, 0.2) is 11.4 Å². The normalized spacial score (nSPS) is 23.1. The van der Waals surface area contributed by atoms with Crippen molar-refractivity contribution >= 4 is 23.7 Å². The average molecular weight is 275 g/mol. The van der Waals surface area contributed by atoms with Crippen LogP contribution < -0.4 is 5.73 Å². The predicted molar refractivity (Wildman–Crippen MR) is 78.0 cm³/mol. The molecule has 1 aromatic heterocycles. The molecule has 98 valence electrons. The third-order valence-corrected chi connectivity index (χ3v) is 4.63. The van der Waals surface area contributed by atoms with Gasteiger partial charge in [-0.3, -0.25) is 4.90 Å². The van der Waals surface area contributed by atoms with Gasteiger partial charge in [-0.2, -0.15) is 0 Å². The lowest BCUT2D eigenvalue weighted by atomic mass is 9.92. The van der Waals surface area contributed by atoms with Crippen LogP contribution in [0, 0.1) is 12.8 Å². The van der Waals surface area contributed by atoms with Crippen LogP contribution in [0.3, 0.4) is 0 Å². The molecule has 1 fully saturated rings. The molecule has 0 aliphatic carbocycles. The van der Waals surface area contributed by atoms with Crippen LogP contribution in [-0.2, 0) is 6.54 Å². The summed E-state index contributed by atoms with van der Waals surface area (Å²) in [5.74, 6) is 0.689. The lowest BCUT2D eigenvalue weighted by Crippen LogP contribution is -2.41. The zero-order chi connectivity index (χ0) is 11.5. The Morgan fingerprint density at radius 2 is 2.35 bits per heavy atom. The van der Waals surface area contributed by atoms with Crippen molar-refractivity contribution in [1.82, 2.24) is 4.90 Å². The molecular formula is C13H23ClN2S. The second-order valence-electron chi connectivity index (χ2n) is 5.02. The van der Waals surface area contributed by atoms with Crippen molar-refractivity contribution in [1.29, 1.82) is 0 Å². The third kappa shape index (κ3) is 3.95. The van der Waals surface area contributed by atoms with Gasteiger partial charge in [0, 0.05) is 24.0 Å². The zero-order valence-electron chi connectivity index (χ0n) is 10.7. The fraction of sp³-hybridized carbons (Fsp3) is 0.692. The van der Waals surface area contributed by atoms with Crippen molar-refractivity contribution in [2.24, 2.45) is 11.7 Å². The minimum absolute atomic E-state index is 0. The monoisotopic (exact) mass is 274 g/mol. The molecule has 1 saturated heterocycles. The van der Waals surface area contributed by atoms with Gasteiger partial charge < -0.3 is 5.73 Å². The number of hydrogen-bond acceptors (Lipinski definition) is 3. The highest BCUT2D eigenvalue weighted by Crippen LogP contribution is 2.23. The number of thiophene rings is 1. The molecule has 2 rings (SSSR count). The second-order valence-corrected chi connectivity index (χ2v) is 6.02. The van der Waals surface area contributed by atoms with E-state index >= 15 is 0 Å². The molecule has 0 saturated carbocycles. The maximum Gasteiger partial charge on any atom is 0.0330 e. The van der Waals surface area contributed by atoms with Crippen molar-refractivity contribution in [2.45, 2.75) is 39.3 Å². The summed E-state index contributed by atoms with van der Waals surface area (Å²) >= 11 is 1.88. The standard InChI is InChI=1S/C13H22N2S.ClH/c1-10-5-7-16-13(10)9-15-6-3-4-12(8-15)11(2)14;/h5,7,11-12H,3-4,6,8-9,14H2,1-2H3;1H. The highest BCUT2D eigenvalue weighted by atomic mass is 35.5. The molecule has 0 radical (unpaired) electrons. The molecular weight excluding hydrogens is 252 g/mol. The highest BCUT2D eigenvalue weighted by Gasteiger charge is 2.22. The van der Waals surface area contributed by atoms with E-state index in [1.807, 2.05) is 11.3 Å². The molecule has 2 N–H and O–H groups in total. The number of nitrogens with two attached hydrogens (primary N) is 1. The van der Waals surface area contributed by atoms with Crippen molar-refractivity contribution < 1.29 is 0 Å². The summed E-state index contributed by atoms with van der Waals surface area (Å²) < 4.78 is 0. The molecule has 1 aromatic rings. The summed E-state index contributed by atoms with van der Waals surface area (Å²) in [5, 5.41) is 2.19. The van der Waals surface area contributed by atoms with E-state index in [1.54, 1.807) is 0 Å². The first-order chi connectivity index (χ1) is 7.66. The van der Waals surface area contributed by atoms with E-state index < -0.39 is 0 Å². The molecule has 0 spiro atoms. The Morgan fingerprint density at radius 3 is 2.94 bits per heavy atom. The molecule has 2 heterocycles. The molecule has 2 nitrogen and oxygen atoms in total. The van der Waals surface area contributed by atoms with E-state index in [-0.39, 0.29) is 12.4 Å². The van der Waals surface area contributed by atoms with E-state index in [9.17, 15) is 0 Å². The minimum atomic E-state index is 0. The topological polar surface area (TPSA) is 29.3 Å². The fourth-order valence-electron chi connectivity index (χ4n) is 2.43. The Hall–Kier alpha value is -0.0900. The summed E-state index contributed by atoms with van der Waals surface area (Å²) in [5.41, 5.74) is 7.45. The molecule has 17 heavy (non-hydrogen) atoms. The first kappa shape index (κ1) is 15.0. The number of likely N-dealkylation sites (tertiary alicyclic amines) is 1. The summed E-state index contributed by atoms with van der Waals surface area (Å²) in [6.45, 7) is 7.88. The summed E-state index contributed by atoms with van der Waals surface area (Å²) in [6, 6.07) is 2.56. The Bertz CT molecular complexity index is 338. The van der Waals surface area contributed by atoms with Gasteiger partial charge in [0.15, 0.2) is 0 Å². The van der Waals surface area contributed by atoms with Crippen LogP contribution in [0.25, 0.3) is 0 Å². The van der Waals surface area contributed by atoms with Gasteiger partial charge >= 0.3 is 0 Å². The van der Waals surface area contributed by atoms with Crippen LogP contribution in [0.2, 0.25) is 0 Å². The molecule has 4 heteroatoms. The molecule has 0 aromatic carbocycles. The van der Waals surface area contributed by atoms with Crippen molar-refractivity contribution in [3.05, 3.63) is 21.9 Å². The van der Waals surface area contributed by atoms with Crippen molar-refractivity contribution in [3.63, 3.8) is 0 Å². The predicted octanol–water partition coefficient (Wildman–Crippen LogP) is 3.04. The van der Waals surface area contributed by atoms with Crippen LogP contribution in [0.4, 0.5) is 0 Å². The van der Waals surface area contributed by atoms with Crippen LogP contribution >= 0.6 is 23.7 Å². The summed E-state index contributed by atoms with van der Waals surface area (Å²) in [7, 11) is 0. The van der Waals surface area contributed by atoms with Gasteiger partial charge in [0.25, 0.3) is 0 Å². The Labute approximate surface area is 115 Å².